The van der Waals surface area contributed by atoms with Crippen LogP contribution in [0.3, 0.4) is 0 Å². The second kappa shape index (κ2) is 11.4. The predicted octanol–water partition coefficient (Wildman–Crippen LogP) is 3.75. The van der Waals surface area contributed by atoms with Crippen molar-refractivity contribution in [2.45, 2.75) is 31.7 Å². The Hall–Kier alpha value is -2.67. The minimum atomic E-state index is -1.07. The number of imide groups is 1. The number of carbonyl (C=O) groups excluding carboxylic acids is 2. The van der Waals surface area contributed by atoms with Gasteiger partial charge in [0, 0.05) is 7.05 Å². The number of phenolic OH excluding ortho intramolecular Hbond substituents is 1. The Bertz CT molecular complexity index is 1340. The lowest BCUT2D eigenvalue weighted by Gasteiger charge is -2.43. The van der Waals surface area contributed by atoms with Crippen LogP contribution in [0.15, 0.2) is 53.6 Å². The molecular weight excluding hydrogens is 612 g/mol. The molecule has 0 unspecified atom stereocenters. The smallest absolute Gasteiger partial charge is 0.455 e. The van der Waals surface area contributed by atoms with Crippen molar-refractivity contribution >= 4 is 53.2 Å². The Morgan fingerprint density at radius 2 is 1.95 bits per heavy atom. The van der Waals surface area contributed by atoms with Crippen LogP contribution < -0.4 is 4.74 Å². The number of methoxy groups -OCH3 is 1. The summed E-state index contributed by atoms with van der Waals surface area (Å²) in [6, 6.07) is 13.6. The molecule has 0 bridgehead atoms. The normalized spacial score (nSPS) is 25.2. The van der Waals surface area contributed by atoms with Gasteiger partial charge in [-0.3, -0.25) is 14.5 Å². The van der Waals surface area contributed by atoms with Gasteiger partial charge in [-0.1, -0.05) is 36.4 Å². The van der Waals surface area contributed by atoms with E-state index in [9.17, 15) is 24.8 Å². The molecule has 3 N–H and O–H groups in total. The second-order valence-corrected chi connectivity index (χ2v) is 11.5. The van der Waals surface area contributed by atoms with Gasteiger partial charge in [-0.15, -0.1) is 0 Å². The summed E-state index contributed by atoms with van der Waals surface area (Å²) in [5.41, 5.74) is 4.49. The highest BCUT2D eigenvalue weighted by Crippen LogP contribution is 2.50. The molecule has 4 atom stereocenters. The van der Waals surface area contributed by atoms with Crippen molar-refractivity contribution < 1.29 is 34.2 Å². The van der Waals surface area contributed by atoms with Crippen LogP contribution in [0.1, 0.15) is 30.4 Å². The number of phenols is 1. The van der Waals surface area contributed by atoms with Gasteiger partial charge in [0.05, 0.1) is 35.2 Å². The van der Waals surface area contributed by atoms with Gasteiger partial charge in [0.2, 0.25) is 11.8 Å². The molecule has 0 radical (unpaired) electrons. The zero-order valence-electron chi connectivity index (χ0n) is 21.8. The number of likely N-dealkylation sites (tertiary alicyclic amines) is 1. The number of fused-ring (bicyclic) bond motifs is 3. The van der Waals surface area contributed by atoms with Gasteiger partial charge < -0.3 is 24.6 Å². The number of ether oxygens (including phenoxy) is 1. The van der Waals surface area contributed by atoms with Crippen molar-refractivity contribution in [1.82, 2.24) is 4.90 Å². The van der Waals surface area contributed by atoms with E-state index in [0.29, 0.717) is 28.6 Å². The Balaban J connectivity index is 1.48. The molecule has 2 aromatic rings. The van der Waals surface area contributed by atoms with Gasteiger partial charge in [-0.05, 0) is 94.1 Å². The summed E-state index contributed by atoms with van der Waals surface area (Å²) in [6.07, 6.45) is 3.17. The summed E-state index contributed by atoms with van der Waals surface area (Å²) < 4.78 is 12.0. The predicted molar refractivity (Wildman–Crippen MR) is 156 cm³/mol. The number of aliphatic hydroxyl groups is 1. The Kier molecular flexibility index (Phi) is 8.18. The van der Waals surface area contributed by atoms with E-state index in [4.69, 9.17) is 9.39 Å². The molecule has 3 aliphatic rings. The number of nitrogens with zero attached hydrogens (tertiary/aromatic N) is 1. The van der Waals surface area contributed by atoms with Crippen molar-refractivity contribution in [3.05, 3.63) is 68.3 Å². The molecule has 5 rings (SSSR count). The van der Waals surface area contributed by atoms with Crippen LogP contribution in [0.25, 0.3) is 11.6 Å². The Morgan fingerprint density at radius 3 is 2.64 bits per heavy atom. The average molecular weight is 643 g/mol. The van der Waals surface area contributed by atoms with Crippen LogP contribution in [-0.2, 0) is 14.2 Å². The van der Waals surface area contributed by atoms with Crippen LogP contribution in [0.2, 0.25) is 6.32 Å². The molecule has 8 nitrogen and oxygen atoms in total. The maximum absolute atomic E-state index is 13.0. The minimum absolute atomic E-state index is 0.0943. The first-order chi connectivity index (χ1) is 18.7. The number of allylic oxidation sites excluding steroid dienone is 1. The highest BCUT2D eigenvalue weighted by atomic mass is 127. The molecular formula is C29H31BINO7. The molecule has 0 spiro atoms. The summed E-state index contributed by atoms with van der Waals surface area (Å²) in [5.74, 6) is -1.36. The van der Waals surface area contributed by atoms with E-state index < -0.39 is 25.1 Å². The highest BCUT2D eigenvalue weighted by molar-refractivity contribution is 14.1. The van der Waals surface area contributed by atoms with Gasteiger partial charge in [0.25, 0.3) is 0 Å². The molecule has 0 saturated carbocycles. The van der Waals surface area contributed by atoms with Crippen molar-refractivity contribution in [1.29, 1.82) is 0 Å². The lowest BCUT2D eigenvalue weighted by atomic mass is 9.58. The number of aromatic hydroxyl groups is 1. The van der Waals surface area contributed by atoms with Gasteiger partial charge >= 0.3 is 7.12 Å². The molecule has 10 heteroatoms. The molecule has 2 heterocycles. The van der Waals surface area contributed by atoms with Crippen molar-refractivity contribution in [3.8, 4) is 11.5 Å². The number of hydrogen-bond acceptors (Lipinski definition) is 7. The number of benzene rings is 2. The van der Waals surface area contributed by atoms with E-state index in [1.807, 2.05) is 42.5 Å². The fourth-order valence-electron chi connectivity index (χ4n) is 6.34. The number of amides is 2. The minimum Gasteiger partial charge on any atom is -0.504 e. The van der Waals surface area contributed by atoms with Gasteiger partial charge in [0.1, 0.15) is 0 Å². The van der Waals surface area contributed by atoms with Crippen LogP contribution in [0.5, 0.6) is 11.5 Å². The number of aliphatic hydroxyl groups excluding tert-OH is 1. The Morgan fingerprint density at radius 1 is 1.21 bits per heavy atom. The number of rotatable bonds is 7. The number of carbonyl (C=O) groups is 2. The van der Waals surface area contributed by atoms with Crippen molar-refractivity contribution in [2.75, 3.05) is 20.8 Å². The van der Waals surface area contributed by atoms with E-state index in [1.165, 1.54) is 19.1 Å². The third kappa shape index (κ3) is 5.27. The first-order valence-electron chi connectivity index (χ1n) is 13.0. The SMILES string of the molecule is COc1cc(/C=C(/CC[C@H]2OB(O)C[C@H]3C2=C(CO)C[C@H]2C(=O)N(C)C(=O)[C@H]23)c2ccccc2)cc(I)c1O. The van der Waals surface area contributed by atoms with Gasteiger partial charge in [0.15, 0.2) is 11.5 Å². The maximum atomic E-state index is 13.0. The van der Waals surface area contributed by atoms with E-state index in [2.05, 4.69) is 22.6 Å². The topological polar surface area (TPSA) is 117 Å². The summed E-state index contributed by atoms with van der Waals surface area (Å²) in [7, 11) is 1.95. The molecule has 204 valence electrons. The van der Waals surface area contributed by atoms with Crippen LogP contribution >= 0.6 is 22.6 Å². The van der Waals surface area contributed by atoms with Crippen molar-refractivity contribution in [3.63, 3.8) is 0 Å². The van der Waals surface area contributed by atoms with E-state index in [1.54, 1.807) is 6.07 Å². The van der Waals surface area contributed by atoms with E-state index in [0.717, 1.165) is 27.8 Å². The zero-order valence-corrected chi connectivity index (χ0v) is 24.0. The molecule has 0 aromatic heterocycles. The first kappa shape index (κ1) is 27.9. The fraction of sp³-hybridized carbons (Fsp3) is 0.379. The zero-order chi connectivity index (χ0) is 27.8. The summed E-state index contributed by atoms with van der Waals surface area (Å²) >= 11 is 2.07. The van der Waals surface area contributed by atoms with Crippen molar-refractivity contribution in [2.24, 2.45) is 17.8 Å². The van der Waals surface area contributed by atoms with Gasteiger partial charge in [-0.25, -0.2) is 0 Å². The summed E-state index contributed by atoms with van der Waals surface area (Å²) in [6.45, 7) is -0.219. The van der Waals surface area contributed by atoms with Crippen LogP contribution in [0.4, 0.5) is 0 Å². The largest absolute Gasteiger partial charge is 0.504 e. The molecule has 2 saturated heterocycles. The first-order valence-corrected chi connectivity index (χ1v) is 14.1. The van der Waals surface area contributed by atoms with E-state index >= 15 is 0 Å². The lowest BCUT2D eigenvalue weighted by molar-refractivity contribution is -0.138. The number of hydrogen-bond donors (Lipinski definition) is 3. The molecule has 1 aliphatic carbocycles. The third-order valence-corrected chi connectivity index (χ3v) is 8.97. The summed E-state index contributed by atoms with van der Waals surface area (Å²) in [4.78, 5) is 27.0. The quantitative estimate of drug-likeness (QED) is 0.139. The molecule has 39 heavy (non-hydrogen) atoms. The molecule has 2 aliphatic heterocycles. The molecule has 2 aromatic carbocycles. The highest BCUT2D eigenvalue weighted by Gasteiger charge is 2.56. The second-order valence-electron chi connectivity index (χ2n) is 10.3. The Labute approximate surface area is 241 Å². The maximum Gasteiger partial charge on any atom is 0.455 e. The van der Waals surface area contributed by atoms with E-state index in [-0.39, 0.29) is 36.4 Å². The van der Waals surface area contributed by atoms with Gasteiger partial charge in [-0.2, -0.15) is 0 Å². The van der Waals surface area contributed by atoms with Crippen LogP contribution in [-0.4, -0.2) is 65.9 Å². The molecule has 2 amide bonds. The average Bonchev–Trinajstić information content (AvgIpc) is 3.16. The summed E-state index contributed by atoms with van der Waals surface area (Å²) in [5, 5.41) is 31.2. The standard InChI is InChI=1S/C29H31BINO7/c1-32-28(35)20-13-19(15-33)25-21(26(20)29(32)36)14-30(37)39-23(25)9-8-18(17-6-4-3-5-7-17)10-16-11-22(31)27(34)24(12-16)38-2/h3-7,10-12,20-21,23,26,33-34,37H,8-9,13-15H2,1-2H3/b18-10-/t20-,21+,23-,26-/m1/s1. The fourth-order valence-corrected chi connectivity index (χ4v) is 6.97. The third-order valence-electron chi connectivity index (χ3n) is 8.15. The lowest BCUT2D eigenvalue weighted by Crippen LogP contribution is -2.46. The monoisotopic (exact) mass is 643 g/mol. The van der Waals surface area contributed by atoms with Crippen LogP contribution in [0, 0.1) is 21.3 Å². The number of halogens is 1. The molecule has 2 fully saturated rings.